The fourth-order valence-corrected chi connectivity index (χ4v) is 4.03. The Kier molecular flexibility index (Phi) is 4.61. The molecule has 1 aliphatic heterocycles. The SMILES string of the molecule is N[C@H]1CN(C(=O)c2cc(OCC3CCC3)cc(C(=O)O)c2)C[C@@H]1C1CC1. The summed E-state index contributed by atoms with van der Waals surface area (Å²) in [7, 11) is 0. The van der Waals surface area contributed by atoms with Crippen molar-refractivity contribution in [2.75, 3.05) is 19.7 Å². The number of nitrogens with two attached hydrogens (primary N) is 1. The van der Waals surface area contributed by atoms with Gasteiger partial charge in [0.25, 0.3) is 5.91 Å². The van der Waals surface area contributed by atoms with Crippen molar-refractivity contribution in [2.24, 2.45) is 23.5 Å². The van der Waals surface area contributed by atoms with Gasteiger partial charge in [0.15, 0.2) is 0 Å². The van der Waals surface area contributed by atoms with Crippen LogP contribution in [0.5, 0.6) is 5.75 Å². The second-order valence-electron chi connectivity index (χ2n) is 8.03. The predicted octanol–water partition coefficient (Wildman–Crippen LogP) is 2.37. The summed E-state index contributed by atoms with van der Waals surface area (Å²) in [6.45, 7) is 1.78. The highest BCUT2D eigenvalue weighted by molar-refractivity contribution is 5.98. The van der Waals surface area contributed by atoms with E-state index < -0.39 is 5.97 Å². The first-order valence-electron chi connectivity index (χ1n) is 9.57. The first-order valence-corrected chi connectivity index (χ1v) is 9.57. The molecule has 2 atom stereocenters. The van der Waals surface area contributed by atoms with E-state index in [-0.39, 0.29) is 17.5 Å². The van der Waals surface area contributed by atoms with Crippen LogP contribution in [0.3, 0.4) is 0 Å². The second-order valence-corrected chi connectivity index (χ2v) is 8.03. The summed E-state index contributed by atoms with van der Waals surface area (Å²) in [5.41, 5.74) is 6.68. The Bertz CT molecular complexity index is 712. The van der Waals surface area contributed by atoms with E-state index in [1.54, 1.807) is 11.0 Å². The van der Waals surface area contributed by atoms with Crippen molar-refractivity contribution in [3.63, 3.8) is 0 Å². The van der Waals surface area contributed by atoms with Gasteiger partial charge in [0, 0.05) is 24.7 Å². The Balaban J connectivity index is 1.50. The largest absolute Gasteiger partial charge is 0.493 e. The minimum absolute atomic E-state index is 0.0171. The molecule has 2 aliphatic carbocycles. The molecule has 4 rings (SSSR count). The van der Waals surface area contributed by atoms with Crippen LogP contribution in [-0.2, 0) is 0 Å². The minimum Gasteiger partial charge on any atom is -0.493 e. The van der Waals surface area contributed by atoms with E-state index in [4.69, 9.17) is 10.5 Å². The first kappa shape index (κ1) is 17.3. The summed E-state index contributed by atoms with van der Waals surface area (Å²) >= 11 is 0. The van der Waals surface area contributed by atoms with Gasteiger partial charge >= 0.3 is 5.97 Å². The summed E-state index contributed by atoms with van der Waals surface area (Å²) in [5.74, 6) is 0.814. The molecular weight excluding hydrogens is 332 g/mol. The topological polar surface area (TPSA) is 92.9 Å². The Morgan fingerprint density at radius 2 is 1.85 bits per heavy atom. The van der Waals surface area contributed by atoms with E-state index in [1.165, 1.54) is 31.4 Å². The smallest absolute Gasteiger partial charge is 0.335 e. The molecule has 26 heavy (non-hydrogen) atoms. The number of likely N-dealkylation sites (tertiary alicyclic amines) is 1. The van der Waals surface area contributed by atoms with Gasteiger partial charge in [0.05, 0.1) is 12.2 Å². The molecule has 3 N–H and O–H groups in total. The van der Waals surface area contributed by atoms with Crippen LogP contribution < -0.4 is 10.5 Å². The number of hydrogen-bond donors (Lipinski definition) is 2. The lowest BCUT2D eigenvalue weighted by Gasteiger charge is -2.25. The number of benzene rings is 1. The third-order valence-corrected chi connectivity index (χ3v) is 6.04. The van der Waals surface area contributed by atoms with E-state index in [2.05, 4.69) is 0 Å². The maximum atomic E-state index is 12.9. The van der Waals surface area contributed by atoms with Crippen LogP contribution >= 0.6 is 0 Å². The molecule has 6 nitrogen and oxygen atoms in total. The van der Waals surface area contributed by atoms with Crippen molar-refractivity contribution in [2.45, 2.75) is 38.1 Å². The lowest BCUT2D eigenvalue weighted by Crippen LogP contribution is -2.32. The maximum Gasteiger partial charge on any atom is 0.335 e. The number of nitrogens with zero attached hydrogens (tertiary/aromatic N) is 1. The zero-order valence-corrected chi connectivity index (χ0v) is 14.9. The van der Waals surface area contributed by atoms with E-state index in [1.807, 2.05) is 0 Å². The molecule has 3 fully saturated rings. The molecule has 0 spiro atoms. The summed E-state index contributed by atoms with van der Waals surface area (Å²) in [6.07, 6.45) is 5.93. The molecule has 0 radical (unpaired) electrons. The quantitative estimate of drug-likeness (QED) is 0.814. The fraction of sp³-hybridized carbons (Fsp3) is 0.600. The van der Waals surface area contributed by atoms with Gasteiger partial charge in [-0.1, -0.05) is 6.42 Å². The summed E-state index contributed by atoms with van der Waals surface area (Å²) in [6, 6.07) is 4.63. The number of hydrogen-bond acceptors (Lipinski definition) is 4. The van der Waals surface area contributed by atoms with E-state index in [0.29, 0.717) is 48.8 Å². The first-order chi connectivity index (χ1) is 12.5. The van der Waals surface area contributed by atoms with Gasteiger partial charge in [-0.05, 0) is 61.6 Å². The van der Waals surface area contributed by atoms with Crippen molar-refractivity contribution in [1.29, 1.82) is 0 Å². The molecule has 2 saturated carbocycles. The van der Waals surface area contributed by atoms with Gasteiger partial charge in [-0.25, -0.2) is 4.79 Å². The van der Waals surface area contributed by atoms with E-state index in [9.17, 15) is 14.7 Å². The van der Waals surface area contributed by atoms with Crippen molar-refractivity contribution < 1.29 is 19.4 Å². The number of amides is 1. The molecule has 3 aliphatic rings. The molecule has 0 bridgehead atoms. The molecule has 6 heteroatoms. The van der Waals surface area contributed by atoms with Gasteiger partial charge in [0.2, 0.25) is 0 Å². The van der Waals surface area contributed by atoms with E-state index >= 15 is 0 Å². The Labute approximate surface area is 153 Å². The molecule has 140 valence electrons. The molecular formula is C20H26N2O4. The highest BCUT2D eigenvalue weighted by Crippen LogP contribution is 2.41. The van der Waals surface area contributed by atoms with Crippen LogP contribution in [0.1, 0.15) is 52.8 Å². The molecule has 1 saturated heterocycles. The van der Waals surface area contributed by atoms with Gasteiger partial charge in [0.1, 0.15) is 5.75 Å². The average molecular weight is 358 g/mol. The third kappa shape index (κ3) is 3.56. The van der Waals surface area contributed by atoms with Crippen LogP contribution in [0.2, 0.25) is 0 Å². The number of carbonyl (C=O) groups is 2. The Morgan fingerprint density at radius 3 is 2.46 bits per heavy atom. The van der Waals surface area contributed by atoms with Gasteiger partial charge in [-0.15, -0.1) is 0 Å². The van der Waals surface area contributed by atoms with Crippen LogP contribution in [0.15, 0.2) is 18.2 Å². The number of carboxylic acids is 1. The zero-order valence-electron chi connectivity index (χ0n) is 14.9. The number of ether oxygens (including phenoxy) is 1. The third-order valence-electron chi connectivity index (χ3n) is 6.04. The molecule has 1 aromatic carbocycles. The van der Waals surface area contributed by atoms with Gasteiger partial charge in [-0.2, -0.15) is 0 Å². The van der Waals surface area contributed by atoms with Crippen LogP contribution in [-0.4, -0.2) is 47.6 Å². The van der Waals surface area contributed by atoms with Gasteiger partial charge in [-0.3, -0.25) is 4.79 Å². The Hall–Kier alpha value is -2.08. The van der Waals surface area contributed by atoms with Crippen LogP contribution in [0, 0.1) is 17.8 Å². The maximum absolute atomic E-state index is 12.9. The standard InChI is InChI=1S/C20H26N2O4/c21-18-10-22(9-17(18)13-4-5-13)19(23)14-6-15(20(24)25)8-16(7-14)26-11-12-2-1-3-12/h6-8,12-13,17-18H,1-5,9-11,21H2,(H,24,25)/t17-,18+/m1/s1. The zero-order chi connectivity index (χ0) is 18.3. The molecule has 0 aromatic heterocycles. The summed E-state index contributed by atoms with van der Waals surface area (Å²) in [5, 5.41) is 9.38. The highest BCUT2D eigenvalue weighted by atomic mass is 16.5. The fourth-order valence-electron chi connectivity index (χ4n) is 4.03. The monoisotopic (exact) mass is 358 g/mol. The molecule has 1 heterocycles. The number of rotatable bonds is 6. The highest BCUT2D eigenvalue weighted by Gasteiger charge is 2.42. The van der Waals surface area contributed by atoms with Crippen molar-refractivity contribution in [3.8, 4) is 5.75 Å². The average Bonchev–Trinajstić information content (AvgIpc) is 3.34. The molecule has 1 aromatic rings. The Morgan fingerprint density at radius 1 is 1.12 bits per heavy atom. The van der Waals surface area contributed by atoms with Crippen LogP contribution in [0.25, 0.3) is 0 Å². The van der Waals surface area contributed by atoms with Crippen molar-refractivity contribution in [1.82, 2.24) is 4.90 Å². The van der Waals surface area contributed by atoms with E-state index in [0.717, 1.165) is 12.8 Å². The summed E-state index contributed by atoms with van der Waals surface area (Å²) < 4.78 is 5.79. The second kappa shape index (κ2) is 6.91. The van der Waals surface area contributed by atoms with Crippen molar-refractivity contribution >= 4 is 11.9 Å². The normalized spacial score (nSPS) is 25.8. The van der Waals surface area contributed by atoms with Crippen LogP contribution in [0.4, 0.5) is 0 Å². The lowest BCUT2D eigenvalue weighted by atomic mass is 9.86. The molecule has 1 amide bonds. The molecule has 0 unspecified atom stereocenters. The number of carbonyl (C=O) groups excluding carboxylic acids is 1. The van der Waals surface area contributed by atoms with Gasteiger partial charge < -0.3 is 20.5 Å². The lowest BCUT2D eigenvalue weighted by molar-refractivity contribution is 0.0696. The number of carboxylic acid groups (broad SMARTS) is 1. The number of aromatic carboxylic acids is 1. The van der Waals surface area contributed by atoms with Crippen molar-refractivity contribution in [3.05, 3.63) is 29.3 Å². The minimum atomic E-state index is -1.05. The predicted molar refractivity (Wildman–Crippen MR) is 96.3 cm³/mol. The summed E-state index contributed by atoms with van der Waals surface area (Å²) in [4.78, 5) is 26.2.